The van der Waals surface area contributed by atoms with Gasteiger partial charge in [-0.15, -0.1) is 0 Å². The number of carbonyl (C=O) groups excluding carboxylic acids is 1. The van der Waals surface area contributed by atoms with E-state index < -0.39 is 5.41 Å². The van der Waals surface area contributed by atoms with Crippen molar-refractivity contribution in [2.24, 2.45) is 11.1 Å². The van der Waals surface area contributed by atoms with Crippen LogP contribution in [0.4, 0.5) is 0 Å². The minimum absolute atomic E-state index is 0.123. The van der Waals surface area contributed by atoms with Crippen molar-refractivity contribution in [2.45, 2.75) is 25.8 Å². The van der Waals surface area contributed by atoms with Crippen LogP contribution >= 0.6 is 23.6 Å². The van der Waals surface area contributed by atoms with E-state index in [0.717, 1.165) is 17.8 Å². The first kappa shape index (κ1) is 12.3. The molecule has 0 radical (unpaired) electrons. The molecule has 1 heterocycles. The van der Waals surface area contributed by atoms with Crippen molar-refractivity contribution >= 4 is 34.5 Å². The van der Waals surface area contributed by atoms with E-state index in [4.69, 9.17) is 18.0 Å². The van der Waals surface area contributed by atoms with E-state index in [-0.39, 0.29) is 15.8 Å². The van der Waals surface area contributed by atoms with Crippen LogP contribution in [-0.2, 0) is 11.3 Å². The summed E-state index contributed by atoms with van der Waals surface area (Å²) in [7, 11) is 0. The minimum atomic E-state index is -0.661. The van der Waals surface area contributed by atoms with Crippen molar-refractivity contribution < 1.29 is 4.79 Å². The van der Waals surface area contributed by atoms with Gasteiger partial charge >= 0.3 is 4.87 Å². The summed E-state index contributed by atoms with van der Waals surface area (Å²) in [5.41, 5.74) is 5.66. The number of nitrogens with two attached hydrogens (primary N) is 1. The Labute approximate surface area is 107 Å². The minimum Gasteiger partial charge on any atom is -0.392 e. The van der Waals surface area contributed by atoms with Gasteiger partial charge in [0.05, 0.1) is 16.9 Å². The Morgan fingerprint density at radius 1 is 1.65 bits per heavy atom. The quantitative estimate of drug-likeness (QED) is 0.696. The number of carbonyl (C=O) groups is 1. The molecular formula is C10H13N3O2S2. The summed E-state index contributed by atoms with van der Waals surface area (Å²) in [5.74, 6) is -0.136. The second-order valence-electron chi connectivity index (χ2n) is 4.16. The molecule has 0 spiro atoms. The number of hydrogen-bond acceptors (Lipinski definition) is 4. The third kappa shape index (κ3) is 2.25. The lowest BCUT2D eigenvalue weighted by Crippen LogP contribution is -2.52. The molecule has 1 aromatic rings. The molecule has 0 saturated heterocycles. The van der Waals surface area contributed by atoms with Gasteiger partial charge in [-0.25, -0.2) is 0 Å². The molecule has 1 saturated carbocycles. The lowest BCUT2D eigenvalue weighted by molar-refractivity contribution is -0.131. The predicted octanol–water partition coefficient (Wildman–Crippen LogP) is 0.509. The Morgan fingerprint density at radius 3 is 2.76 bits per heavy atom. The van der Waals surface area contributed by atoms with Crippen LogP contribution in [-0.4, -0.2) is 15.9 Å². The number of thiocarbonyl (C=S) groups is 1. The first-order valence-electron chi connectivity index (χ1n) is 5.29. The average molecular weight is 271 g/mol. The summed E-state index contributed by atoms with van der Waals surface area (Å²) in [4.78, 5) is 25.7. The van der Waals surface area contributed by atoms with E-state index in [1.807, 2.05) is 0 Å². The molecule has 0 aliphatic heterocycles. The standard InChI is InChI=1S/C10H13N3O2S2/c11-7(16)10(2-1-3-10)8(14)12-4-6-5-17-9(15)13-6/h5H,1-4H2,(H2,11,16)(H,12,14)(H,13,15). The number of H-pyrrole nitrogens is 1. The summed E-state index contributed by atoms with van der Waals surface area (Å²) < 4.78 is 0. The Bertz CT molecular complexity index is 502. The van der Waals surface area contributed by atoms with Crippen molar-refractivity contribution in [1.29, 1.82) is 0 Å². The van der Waals surface area contributed by atoms with Gasteiger partial charge in [0.2, 0.25) is 5.91 Å². The molecule has 2 rings (SSSR count). The summed E-state index contributed by atoms with van der Waals surface area (Å²) in [6.45, 7) is 0.307. The van der Waals surface area contributed by atoms with Crippen LogP contribution in [0.2, 0.25) is 0 Å². The smallest absolute Gasteiger partial charge is 0.304 e. The average Bonchev–Trinajstić information content (AvgIpc) is 2.59. The fraction of sp³-hybridized carbons (Fsp3) is 0.500. The topological polar surface area (TPSA) is 88.0 Å². The molecule has 1 fully saturated rings. The molecule has 0 aromatic carbocycles. The zero-order valence-corrected chi connectivity index (χ0v) is 10.7. The molecule has 92 valence electrons. The van der Waals surface area contributed by atoms with E-state index >= 15 is 0 Å². The number of aromatic amines is 1. The van der Waals surface area contributed by atoms with E-state index in [0.29, 0.717) is 25.1 Å². The molecule has 1 aromatic heterocycles. The lowest BCUT2D eigenvalue weighted by Gasteiger charge is -2.39. The highest BCUT2D eigenvalue weighted by atomic mass is 32.1. The molecule has 1 aliphatic rings. The molecular weight excluding hydrogens is 258 g/mol. The van der Waals surface area contributed by atoms with Gasteiger partial charge in [-0.2, -0.15) is 0 Å². The van der Waals surface area contributed by atoms with Crippen molar-refractivity contribution in [1.82, 2.24) is 10.3 Å². The van der Waals surface area contributed by atoms with Gasteiger partial charge in [0, 0.05) is 11.1 Å². The van der Waals surface area contributed by atoms with Crippen LogP contribution in [0.15, 0.2) is 10.2 Å². The zero-order valence-electron chi connectivity index (χ0n) is 9.12. The van der Waals surface area contributed by atoms with Gasteiger partial charge in [-0.05, 0) is 12.8 Å². The Hall–Kier alpha value is -1.21. The van der Waals surface area contributed by atoms with Crippen LogP contribution in [0, 0.1) is 5.41 Å². The summed E-state index contributed by atoms with van der Waals surface area (Å²) in [6.07, 6.45) is 2.41. The highest BCUT2D eigenvalue weighted by Crippen LogP contribution is 2.41. The van der Waals surface area contributed by atoms with Gasteiger partial charge in [0.25, 0.3) is 0 Å². The van der Waals surface area contributed by atoms with E-state index in [9.17, 15) is 9.59 Å². The van der Waals surface area contributed by atoms with Crippen LogP contribution in [0.1, 0.15) is 25.0 Å². The van der Waals surface area contributed by atoms with Crippen molar-refractivity contribution in [3.05, 3.63) is 20.7 Å². The molecule has 1 aliphatic carbocycles. The molecule has 0 atom stereocenters. The van der Waals surface area contributed by atoms with Crippen molar-refractivity contribution in [3.63, 3.8) is 0 Å². The van der Waals surface area contributed by atoms with Gasteiger partial charge in [0.1, 0.15) is 0 Å². The normalized spacial score (nSPS) is 17.2. The maximum Gasteiger partial charge on any atom is 0.304 e. The second kappa shape index (κ2) is 4.58. The fourth-order valence-electron chi connectivity index (χ4n) is 1.86. The Balaban J connectivity index is 1.97. The SMILES string of the molecule is NC(=S)C1(C(=O)NCc2csc(=O)[nH]2)CCC1. The first-order valence-corrected chi connectivity index (χ1v) is 6.58. The van der Waals surface area contributed by atoms with Crippen LogP contribution in [0.3, 0.4) is 0 Å². The molecule has 0 bridgehead atoms. The van der Waals surface area contributed by atoms with Gasteiger partial charge in [-0.3, -0.25) is 9.59 Å². The summed E-state index contributed by atoms with van der Waals surface area (Å²) >= 11 is 6.03. The molecule has 7 heteroatoms. The number of rotatable bonds is 4. The third-order valence-electron chi connectivity index (χ3n) is 3.12. The molecule has 5 nitrogen and oxygen atoms in total. The summed E-state index contributed by atoms with van der Waals surface area (Å²) in [6, 6.07) is 0. The molecule has 4 N–H and O–H groups in total. The fourth-order valence-corrected chi connectivity index (χ4v) is 2.74. The number of aromatic nitrogens is 1. The van der Waals surface area contributed by atoms with Gasteiger partial charge in [-0.1, -0.05) is 30.0 Å². The predicted molar refractivity (Wildman–Crippen MR) is 69.9 cm³/mol. The third-order valence-corrected chi connectivity index (χ3v) is 4.23. The van der Waals surface area contributed by atoms with Crippen molar-refractivity contribution in [2.75, 3.05) is 0 Å². The molecule has 0 unspecified atom stereocenters. The number of nitrogens with one attached hydrogen (secondary N) is 2. The Morgan fingerprint density at radius 2 is 2.35 bits per heavy atom. The van der Waals surface area contributed by atoms with E-state index in [2.05, 4.69) is 10.3 Å². The number of hydrogen-bond donors (Lipinski definition) is 3. The monoisotopic (exact) mass is 271 g/mol. The number of amides is 1. The second-order valence-corrected chi connectivity index (χ2v) is 5.44. The number of thiazole rings is 1. The zero-order chi connectivity index (χ0) is 12.5. The van der Waals surface area contributed by atoms with Crippen molar-refractivity contribution in [3.8, 4) is 0 Å². The van der Waals surface area contributed by atoms with Gasteiger partial charge in [0.15, 0.2) is 0 Å². The Kier molecular flexibility index (Phi) is 3.30. The van der Waals surface area contributed by atoms with E-state index in [1.165, 1.54) is 0 Å². The van der Waals surface area contributed by atoms with E-state index in [1.54, 1.807) is 5.38 Å². The molecule has 1 amide bonds. The van der Waals surface area contributed by atoms with Crippen LogP contribution < -0.4 is 15.9 Å². The highest BCUT2D eigenvalue weighted by molar-refractivity contribution is 7.80. The molecule has 17 heavy (non-hydrogen) atoms. The maximum absolute atomic E-state index is 12.0. The van der Waals surface area contributed by atoms with Gasteiger partial charge < -0.3 is 16.0 Å². The highest BCUT2D eigenvalue weighted by Gasteiger charge is 2.46. The van der Waals surface area contributed by atoms with Crippen LogP contribution in [0.25, 0.3) is 0 Å². The van der Waals surface area contributed by atoms with Crippen LogP contribution in [0.5, 0.6) is 0 Å². The lowest BCUT2D eigenvalue weighted by atomic mass is 9.68. The summed E-state index contributed by atoms with van der Waals surface area (Å²) in [5, 5.41) is 4.46. The first-order chi connectivity index (χ1) is 8.04. The maximum atomic E-state index is 12.0. The largest absolute Gasteiger partial charge is 0.392 e.